The Kier molecular flexibility index (Phi) is 7.71. The van der Waals surface area contributed by atoms with Gasteiger partial charge < -0.3 is 10.2 Å². The van der Waals surface area contributed by atoms with Crippen LogP contribution in [0.25, 0.3) is 6.08 Å². The number of hydrogen-bond donors (Lipinski definition) is 1. The van der Waals surface area contributed by atoms with Gasteiger partial charge in [-0.2, -0.15) is 4.31 Å². The molecule has 160 valence electrons. The average Bonchev–Trinajstić information content (AvgIpc) is 2.74. The topological polar surface area (TPSA) is 82.6 Å². The van der Waals surface area contributed by atoms with E-state index >= 15 is 0 Å². The Morgan fingerprint density at radius 3 is 2.40 bits per heavy atom. The Hall–Kier alpha value is -2.13. The molecular weight excluding hydrogens is 447 g/mol. The van der Waals surface area contributed by atoms with Crippen molar-refractivity contribution in [2.24, 2.45) is 0 Å². The van der Waals surface area contributed by atoms with E-state index in [4.69, 9.17) is 23.2 Å². The lowest BCUT2D eigenvalue weighted by Gasteiger charge is -2.34. The summed E-state index contributed by atoms with van der Waals surface area (Å²) < 4.78 is 26.6. The van der Waals surface area contributed by atoms with Crippen LogP contribution in [0.4, 0.5) is 5.82 Å². The molecule has 1 aliphatic heterocycles. The molecule has 0 spiro atoms. The van der Waals surface area contributed by atoms with Crippen molar-refractivity contribution < 1.29 is 13.2 Å². The van der Waals surface area contributed by atoms with Crippen LogP contribution in [0.3, 0.4) is 0 Å². The highest BCUT2D eigenvalue weighted by molar-refractivity contribution is 7.89. The summed E-state index contributed by atoms with van der Waals surface area (Å²) in [5.74, 6) is 0.261. The lowest BCUT2D eigenvalue weighted by atomic mass is 10.2. The van der Waals surface area contributed by atoms with E-state index in [1.54, 1.807) is 24.4 Å². The van der Waals surface area contributed by atoms with Crippen LogP contribution in [-0.4, -0.2) is 62.1 Å². The molecule has 1 aromatic heterocycles. The van der Waals surface area contributed by atoms with Gasteiger partial charge in [-0.15, -0.1) is 0 Å². The summed E-state index contributed by atoms with van der Waals surface area (Å²) in [6.45, 7) is 1.94. The molecular formula is C20H22Cl2N4O3S. The third-order valence-electron chi connectivity index (χ3n) is 4.67. The first-order valence-corrected chi connectivity index (χ1v) is 11.8. The molecule has 1 saturated heterocycles. The molecule has 0 saturated carbocycles. The first kappa shape index (κ1) is 22.6. The van der Waals surface area contributed by atoms with Crippen molar-refractivity contribution in [2.75, 3.05) is 43.4 Å². The summed E-state index contributed by atoms with van der Waals surface area (Å²) >= 11 is 12.1. The summed E-state index contributed by atoms with van der Waals surface area (Å²) in [6, 6.07) is 10.7. The number of carbonyl (C=O) groups excluding carboxylic acids is 1. The van der Waals surface area contributed by atoms with Crippen molar-refractivity contribution in [3.05, 3.63) is 64.3 Å². The number of aromatic nitrogens is 1. The molecule has 2 aromatic rings. The van der Waals surface area contributed by atoms with Crippen LogP contribution in [0, 0.1) is 0 Å². The fourth-order valence-electron chi connectivity index (χ4n) is 3.06. The molecule has 1 fully saturated rings. The van der Waals surface area contributed by atoms with Gasteiger partial charge in [0.25, 0.3) is 0 Å². The van der Waals surface area contributed by atoms with Gasteiger partial charge in [-0.25, -0.2) is 13.4 Å². The number of nitrogens with one attached hydrogen (secondary N) is 1. The van der Waals surface area contributed by atoms with Crippen LogP contribution in [0.15, 0.2) is 48.7 Å². The van der Waals surface area contributed by atoms with E-state index in [1.165, 1.54) is 16.5 Å². The lowest BCUT2D eigenvalue weighted by molar-refractivity contribution is -0.116. The fraction of sp³-hybridized carbons (Fsp3) is 0.300. The minimum absolute atomic E-state index is 0.0161. The fourth-order valence-corrected chi connectivity index (χ4v) is 4.92. The summed E-state index contributed by atoms with van der Waals surface area (Å²) in [5, 5.41) is 3.44. The normalized spacial score (nSPS) is 15.5. The highest BCUT2D eigenvalue weighted by Crippen LogP contribution is 2.25. The van der Waals surface area contributed by atoms with Crippen molar-refractivity contribution in [3.63, 3.8) is 0 Å². The summed E-state index contributed by atoms with van der Waals surface area (Å²) in [6.07, 6.45) is 4.51. The maximum atomic E-state index is 12.6. The number of anilines is 1. The second-order valence-corrected chi connectivity index (χ2v) is 9.55. The average molecular weight is 469 g/mol. The molecule has 1 N–H and O–H groups in total. The highest BCUT2D eigenvalue weighted by atomic mass is 35.5. The number of hydrogen-bond acceptors (Lipinski definition) is 5. The number of rotatable bonds is 7. The Labute approximate surface area is 186 Å². The Bertz CT molecular complexity index is 988. The van der Waals surface area contributed by atoms with Gasteiger partial charge in [0, 0.05) is 60.6 Å². The molecule has 0 atom stereocenters. The molecule has 30 heavy (non-hydrogen) atoms. The van der Waals surface area contributed by atoms with E-state index < -0.39 is 15.9 Å². The predicted octanol–water partition coefficient (Wildman–Crippen LogP) is 2.67. The van der Waals surface area contributed by atoms with Gasteiger partial charge in [0.05, 0.1) is 5.75 Å². The largest absolute Gasteiger partial charge is 0.354 e. The summed E-state index contributed by atoms with van der Waals surface area (Å²) in [5.41, 5.74) is 0.536. The zero-order valence-electron chi connectivity index (χ0n) is 16.2. The Balaban J connectivity index is 1.46. The third kappa shape index (κ3) is 5.95. The number of benzene rings is 1. The van der Waals surface area contributed by atoms with Gasteiger partial charge in [-0.1, -0.05) is 35.3 Å². The van der Waals surface area contributed by atoms with E-state index in [-0.39, 0.29) is 12.3 Å². The molecule has 10 heteroatoms. The van der Waals surface area contributed by atoms with E-state index in [9.17, 15) is 13.2 Å². The number of carbonyl (C=O) groups is 1. The van der Waals surface area contributed by atoms with Crippen molar-refractivity contribution in [1.29, 1.82) is 0 Å². The minimum atomic E-state index is -3.46. The first-order valence-electron chi connectivity index (χ1n) is 9.40. The molecule has 0 bridgehead atoms. The predicted molar refractivity (Wildman–Crippen MR) is 120 cm³/mol. The smallest absolute Gasteiger partial charge is 0.244 e. The van der Waals surface area contributed by atoms with Gasteiger partial charge in [0.2, 0.25) is 15.9 Å². The van der Waals surface area contributed by atoms with Crippen LogP contribution < -0.4 is 10.2 Å². The number of nitrogens with zero attached hydrogens (tertiary/aromatic N) is 3. The van der Waals surface area contributed by atoms with E-state index in [0.717, 1.165) is 5.82 Å². The molecule has 0 aliphatic carbocycles. The summed E-state index contributed by atoms with van der Waals surface area (Å²) in [7, 11) is -3.46. The van der Waals surface area contributed by atoms with Crippen LogP contribution >= 0.6 is 23.2 Å². The standard InChI is InChI=1S/C20H22Cl2N4O3S/c21-17-4-3-5-18(22)16(17)7-8-20(27)24-10-15-30(28,29)26-13-11-25(12-14-26)19-6-1-2-9-23-19/h1-9H,10-15H2,(H,24,27)/b8-7+. The van der Waals surface area contributed by atoms with Gasteiger partial charge in [0.1, 0.15) is 5.82 Å². The van der Waals surface area contributed by atoms with E-state index in [2.05, 4.69) is 15.2 Å². The number of halogens is 2. The van der Waals surface area contributed by atoms with E-state index in [1.807, 2.05) is 18.2 Å². The Morgan fingerprint density at radius 2 is 1.77 bits per heavy atom. The van der Waals surface area contributed by atoms with Crippen LogP contribution in [-0.2, 0) is 14.8 Å². The quantitative estimate of drug-likeness (QED) is 0.631. The molecule has 3 rings (SSSR count). The molecule has 7 nitrogen and oxygen atoms in total. The van der Waals surface area contributed by atoms with Crippen LogP contribution in [0.2, 0.25) is 10.0 Å². The number of piperazine rings is 1. The number of sulfonamides is 1. The van der Waals surface area contributed by atoms with Crippen LogP contribution in [0.5, 0.6) is 0 Å². The second kappa shape index (κ2) is 10.3. The van der Waals surface area contributed by atoms with Gasteiger partial charge in [-0.05, 0) is 30.3 Å². The lowest BCUT2D eigenvalue weighted by Crippen LogP contribution is -2.50. The number of pyridine rings is 1. The SMILES string of the molecule is O=C(/C=C/c1c(Cl)cccc1Cl)NCCS(=O)(=O)N1CCN(c2ccccn2)CC1. The highest BCUT2D eigenvalue weighted by Gasteiger charge is 2.27. The zero-order valence-corrected chi connectivity index (χ0v) is 18.5. The third-order valence-corrected chi connectivity index (χ3v) is 7.20. The first-order chi connectivity index (χ1) is 14.4. The Morgan fingerprint density at radius 1 is 1.07 bits per heavy atom. The van der Waals surface area contributed by atoms with Gasteiger partial charge in [0.15, 0.2) is 0 Å². The van der Waals surface area contributed by atoms with Crippen LogP contribution in [0.1, 0.15) is 5.56 Å². The van der Waals surface area contributed by atoms with Crippen molar-refractivity contribution >= 4 is 51.0 Å². The van der Waals surface area contributed by atoms with Crippen molar-refractivity contribution in [2.45, 2.75) is 0 Å². The van der Waals surface area contributed by atoms with Gasteiger partial charge >= 0.3 is 0 Å². The molecule has 1 aliphatic rings. The molecule has 2 heterocycles. The zero-order chi connectivity index (χ0) is 21.6. The second-order valence-electron chi connectivity index (χ2n) is 6.65. The molecule has 0 unspecified atom stereocenters. The molecule has 1 aromatic carbocycles. The maximum Gasteiger partial charge on any atom is 0.244 e. The monoisotopic (exact) mass is 468 g/mol. The molecule has 1 amide bonds. The molecule has 0 radical (unpaired) electrons. The summed E-state index contributed by atoms with van der Waals surface area (Å²) in [4.78, 5) is 18.3. The number of amides is 1. The maximum absolute atomic E-state index is 12.6. The van der Waals surface area contributed by atoms with Crippen molar-refractivity contribution in [1.82, 2.24) is 14.6 Å². The minimum Gasteiger partial charge on any atom is -0.354 e. The van der Waals surface area contributed by atoms with Crippen molar-refractivity contribution in [3.8, 4) is 0 Å². The van der Waals surface area contributed by atoms with E-state index in [0.29, 0.717) is 41.8 Å². The van der Waals surface area contributed by atoms with Gasteiger partial charge in [-0.3, -0.25) is 4.79 Å².